The number of hydrogen-bond acceptors (Lipinski definition) is 3. The van der Waals surface area contributed by atoms with Gasteiger partial charge in [-0.05, 0) is 50.2 Å². The van der Waals surface area contributed by atoms with E-state index in [1.165, 1.54) is 31.5 Å². The van der Waals surface area contributed by atoms with E-state index in [0.717, 1.165) is 32.0 Å². The van der Waals surface area contributed by atoms with Gasteiger partial charge in [-0.3, -0.25) is 4.90 Å². The highest BCUT2D eigenvalue weighted by Gasteiger charge is 2.26. The Morgan fingerprint density at radius 1 is 1.26 bits per heavy atom. The molecule has 0 amide bonds. The first kappa shape index (κ1) is 17.0. The molecule has 0 aromatic carbocycles. The Balaban J connectivity index is 1.59. The molecule has 2 heterocycles. The van der Waals surface area contributed by atoms with Crippen LogP contribution in [0.1, 0.15) is 38.3 Å². The van der Waals surface area contributed by atoms with E-state index in [4.69, 9.17) is 0 Å². The Hall–Kier alpha value is -0.850. The van der Waals surface area contributed by atoms with E-state index in [9.17, 15) is 8.42 Å². The van der Waals surface area contributed by atoms with E-state index >= 15 is 0 Å². The lowest BCUT2D eigenvalue weighted by Crippen LogP contribution is -2.36. The number of aromatic nitrogens is 1. The largest absolute Gasteiger partial charge is 0.350 e. The van der Waals surface area contributed by atoms with Gasteiger partial charge in [0, 0.05) is 44.6 Å². The van der Waals surface area contributed by atoms with Gasteiger partial charge in [-0.25, -0.2) is 13.1 Å². The van der Waals surface area contributed by atoms with Crippen molar-refractivity contribution >= 4 is 10.0 Å². The Morgan fingerprint density at radius 2 is 2.09 bits per heavy atom. The van der Waals surface area contributed by atoms with Gasteiger partial charge in [0.1, 0.15) is 0 Å². The lowest BCUT2D eigenvalue weighted by molar-refractivity contribution is 0.153. The van der Waals surface area contributed by atoms with Crippen molar-refractivity contribution in [2.24, 2.45) is 11.8 Å². The molecule has 1 N–H and O–H groups in total. The molecule has 23 heavy (non-hydrogen) atoms. The van der Waals surface area contributed by atoms with Gasteiger partial charge in [-0.1, -0.05) is 6.42 Å². The molecular weight excluding hydrogens is 310 g/mol. The van der Waals surface area contributed by atoms with Crippen LogP contribution < -0.4 is 4.72 Å². The molecule has 5 nitrogen and oxygen atoms in total. The Labute approximate surface area is 140 Å². The van der Waals surface area contributed by atoms with Crippen LogP contribution >= 0.6 is 0 Å². The summed E-state index contributed by atoms with van der Waals surface area (Å²) >= 11 is 0. The van der Waals surface area contributed by atoms with Crippen molar-refractivity contribution in [2.45, 2.75) is 45.7 Å². The third-order valence-corrected chi connectivity index (χ3v) is 6.68. The van der Waals surface area contributed by atoms with Crippen LogP contribution in [0.2, 0.25) is 0 Å². The van der Waals surface area contributed by atoms with Crippen molar-refractivity contribution in [3.8, 4) is 0 Å². The fraction of sp³-hybridized carbons (Fsp3) is 0.765. The van der Waals surface area contributed by atoms with Crippen LogP contribution in [0.15, 0.2) is 18.3 Å². The van der Waals surface area contributed by atoms with Crippen molar-refractivity contribution in [2.75, 3.05) is 25.4 Å². The second-order valence-electron chi connectivity index (χ2n) is 7.10. The summed E-state index contributed by atoms with van der Waals surface area (Å²) in [5.41, 5.74) is 1.39. The highest BCUT2D eigenvalue weighted by atomic mass is 32.2. The second kappa shape index (κ2) is 7.36. The maximum atomic E-state index is 11.6. The van der Waals surface area contributed by atoms with Crippen molar-refractivity contribution in [3.63, 3.8) is 0 Å². The molecule has 0 saturated heterocycles. The van der Waals surface area contributed by atoms with Gasteiger partial charge in [0.15, 0.2) is 0 Å². The van der Waals surface area contributed by atoms with Crippen LogP contribution in [0, 0.1) is 11.8 Å². The van der Waals surface area contributed by atoms with Gasteiger partial charge in [0.2, 0.25) is 10.0 Å². The van der Waals surface area contributed by atoms with Crippen LogP contribution in [0.25, 0.3) is 0 Å². The average Bonchev–Trinajstić information content (AvgIpc) is 2.82. The first-order valence-corrected chi connectivity index (χ1v) is 10.5. The second-order valence-corrected chi connectivity index (χ2v) is 9.19. The molecule has 1 aromatic rings. The quantitative estimate of drug-likeness (QED) is 0.827. The summed E-state index contributed by atoms with van der Waals surface area (Å²) in [5.74, 6) is 1.53. The molecule has 1 aromatic heterocycles. The Morgan fingerprint density at radius 3 is 2.78 bits per heavy atom. The fourth-order valence-corrected chi connectivity index (χ4v) is 4.28. The van der Waals surface area contributed by atoms with Crippen molar-refractivity contribution in [1.82, 2.24) is 14.2 Å². The summed E-state index contributed by atoms with van der Waals surface area (Å²) in [6, 6.07) is 4.34. The minimum absolute atomic E-state index is 0.160. The maximum Gasteiger partial charge on any atom is 0.211 e. The minimum Gasteiger partial charge on any atom is -0.350 e. The van der Waals surface area contributed by atoms with Gasteiger partial charge in [0.05, 0.1) is 5.75 Å². The Bertz CT molecular complexity index is 607. The van der Waals surface area contributed by atoms with E-state index in [0.29, 0.717) is 12.5 Å². The number of sulfonamides is 1. The van der Waals surface area contributed by atoms with Crippen molar-refractivity contribution in [3.05, 3.63) is 24.0 Å². The van der Waals surface area contributed by atoms with Crippen molar-refractivity contribution in [1.29, 1.82) is 0 Å². The third kappa shape index (κ3) is 4.58. The van der Waals surface area contributed by atoms with Gasteiger partial charge >= 0.3 is 0 Å². The minimum atomic E-state index is -3.08. The zero-order chi connectivity index (χ0) is 16.3. The molecule has 1 fully saturated rings. The highest BCUT2D eigenvalue weighted by molar-refractivity contribution is 7.89. The molecule has 130 valence electrons. The molecule has 1 unspecified atom stereocenters. The van der Waals surface area contributed by atoms with Gasteiger partial charge in [0.25, 0.3) is 0 Å². The molecule has 1 aliphatic heterocycles. The number of nitrogens with one attached hydrogen (secondary N) is 1. The number of rotatable bonds is 7. The summed E-state index contributed by atoms with van der Waals surface area (Å²) in [6.07, 6.45) is 7.19. The van der Waals surface area contributed by atoms with E-state index in [-0.39, 0.29) is 5.75 Å². The highest BCUT2D eigenvalue weighted by Crippen LogP contribution is 2.29. The van der Waals surface area contributed by atoms with Gasteiger partial charge in [-0.2, -0.15) is 0 Å². The van der Waals surface area contributed by atoms with E-state index in [2.05, 4.69) is 32.5 Å². The zero-order valence-corrected chi connectivity index (χ0v) is 14.9. The van der Waals surface area contributed by atoms with E-state index < -0.39 is 10.0 Å². The molecule has 0 spiro atoms. The normalized spacial score (nSPS) is 23.3. The predicted octanol–water partition coefficient (Wildman–Crippen LogP) is 2.05. The molecule has 2 aliphatic rings. The first-order chi connectivity index (χ1) is 11.1. The van der Waals surface area contributed by atoms with Crippen LogP contribution in [0.3, 0.4) is 0 Å². The SMILES string of the molecule is CCS(=O)(=O)NCCC1CN(CC2CCC2)Cc2cccn2C1. The number of nitrogens with zero attached hydrogens (tertiary/aromatic N) is 2. The molecule has 1 atom stereocenters. The van der Waals surface area contributed by atoms with Crippen LogP contribution in [0.4, 0.5) is 0 Å². The summed E-state index contributed by atoms with van der Waals surface area (Å²) < 4.78 is 28.3. The smallest absolute Gasteiger partial charge is 0.211 e. The lowest BCUT2D eigenvalue weighted by atomic mass is 9.85. The summed E-state index contributed by atoms with van der Waals surface area (Å²) in [6.45, 7) is 6.53. The summed E-state index contributed by atoms with van der Waals surface area (Å²) in [5, 5.41) is 0. The third-order valence-electron chi connectivity index (χ3n) is 5.28. The fourth-order valence-electron chi connectivity index (χ4n) is 3.65. The molecule has 3 rings (SSSR count). The van der Waals surface area contributed by atoms with E-state index in [1.54, 1.807) is 6.92 Å². The monoisotopic (exact) mass is 339 g/mol. The maximum absolute atomic E-state index is 11.6. The molecule has 0 bridgehead atoms. The molecule has 6 heteroatoms. The van der Waals surface area contributed by atoms with Gasteiger partial charge in [-0.15, -0.1) is 0 Å². The van der Waals surface area contributed by atoms with Crippen LogP contribution in [0.5, 0.6) is 0 Å². The number of hydrogen-bond donors (Lipinski definition) is 1. The summed E-state index contributed by atoms with van der Waals surface area (Å²) in [7, 11) is -3.08. The topological polar surface area (TPSA) is 54.3 Å². The predicted molar refractivity (Wildman–Crippen MR) is 92.6 cm³/mol. The lowest BCUT2D eigenvalue weighted by Gasteiger charge is -2.32. The molecule has 0 radical (unpaired) electrons. The Kier molecular flexibility index (Phi) is 5.44. The average molecular weight is 340 g/mol. The number of fused-ring (bicyclic) bond motifs is 1. The van der Waals surface area contributed by atoms with Crippen LogP contribution in [-0.4, -0.2) is 43.3 Å². The van der Waals surface area contributed by atoms with E-state index in [1.807, 2.05) is 0 Å². The van der Waals surface area contributed by atoms with Gasteiger partial charge < -0.3 is 4.57 Å². The zero-order valence-electron chi connectivity index (χ0n) is 14.1. The van der Waals surface area contributed by atoms with Crippen molar-refractivity contribution < 1.29 is 8.42 Å². The molecule has 1 saturated carbocycles. The molecule has 1 aliphatic carbocycles. The molecular formula is C17H29N3O2S. The van der Waals surface area contributed by atoms with Crippen LogP contribution in [-0.2, 0) is 23.1 Å². The standard InChI is InChI=1S/C17H29N3O2S/c1-2-23(21,22)18-9-8-16-12-19(11-15-5-3-6-15)14-17-7-4-10-20(17)13-16/h4,7,10,15-16,18H,2-3,5-6,8-9,11-14H2,1H3. The first-order valence-electron chi connectivity index (χ1n) is 8.89. The summed E-state index contributed by atoms with van der Waals surface area (Å²) in [4.78, 5) is 2.58.